The third kappa shape index (κ3) is 6.64. The van der Waals surface area contributed by atoms with Crippen LogP contribution in [0.3, 0.4) is 0 Å². The Balaban J connectivity index is 2.54. The molecule has 0 aliphatic carbocycles. The Morgan fingerprint density at radius 3 is 2.59 bits per heavy atom. The lowest BCUT2D eigenvalue weighted by Crippen LogP contribution is -2.49. The Morgan fingerprint density at radius 2 is 2.00 bits per heavy atom. The van der Waals surface area contributed by atoms with Gasteiger partial charge in [0.05, 0.1) is 6.54 Å². The minimum atomic E-state index is -0.470. The van der Waals surface area contributed by atoms with Crippen LogP contribution in [0.5, 0.6) is 0 Å². The SMILES string of the molecule is CNC(=O)CNC(C)CC1CCCCN1C(=O)OC(C)(C)C. The van der Waals surface area contributed by atoms with Gasteiger partial charge >= 0.3 is 6.09 Å². The first-order valence-electron chi connectivity index (χ1n) is 8.16. The summed E-state index contributed by atoms with van der Waals surface area (Å²) in [6.45, 7) is 8.76. The van der Waals surface area contributed by atoms with Crippen LogP contribution < -0.4 is 10.6 Å². The van der Waals surface area contributed by atoms with Crippen LogP contribution in [-0.2, 0) is 9.53 Å². The van der Waals surface area contributed by atoms with Crippen LogP contribution in [-0.4, -0.2) is 54.7 Å². The fourth-order valence-corrected chi connectivity index (χ4v) is 2.65. The number of rotatable bonds is 5. The second-order valence-electron chi connectivity index (χ2n) is 7.01. The predicted octanol–water partition coefficient (Wildman–Crippen LogP) is 1.89. The highest BCUT2D eigenvalue weighted by atomic mass is 16.6. The lowest BCUT2D eigenvalue weighted by atomic mass is 9.96. The zero-order chi connectivity index (χ0) is 16.8. The Bertz CT molecular complexity index is 379. The van der Waals surface area contributed by atoms with Crippen LogP contribution in [0.1, 0.15) is 53.4 Å². The molecule has 1 aliphatic heterocycles. The zero-order valence-corrected chi connectivity index (χ0v) is 14.6. The number of carbonyl (C=O) groups excluding carboxylic acids is 2. The van der Waals surface area contributed by atoms with Crippen molar-refractivity contribution in [3.8, 4) is 0 Å². The van der Waals surface area contributed by atoms with E-state index in [4.69, 9.17) is 4.74 Å². The average molecular weight is 313 g/mol. The highest BCUT2D eigenvalue weighted by Crippen LogP contribution is 2.23. The Kier molecular flexibility index (Phi) is 7.13. The highest BCUT2D eigenvalue weighted by molar-refractivity contribution is 5.77. The van der Waals surface area contributed by atoms with E-state index in [-0.39, 0.29) is 24.1 Å². The second-order valence-corrected chi connectivity index (χ2v) is 7.01. The van der Waals surface area contributed by atoms with E-state index >= 15 is 0 Å². The number of hydrogen-bond acceptors (Lipinski definition) is 4. The summed E-state index contributed by atoms with van der Waals surface area (Å²) >= 11 is 0. The molecule has 6 heteroatoms. The number of likely N-dealkylation sites (tertiary alicyclic amines) is 1. The van der Waals surface area contributed by atoms with Crippen LogP contribution in [0, 0.1) is 0 Å². The number of ether oxygens (including phenoxy) is 1. The lowest BCUT2D eigenvalue weighted by molar-refractivity contribution is -0.119. The largest absolute Gasteiger partial charge is 0.444 e. The van der Waals surface area contributed by atoms with Crippen molar-refractivity contribution in [1.82, 2.24) is 15.5 Å². The van der Waals surface area contributed by atoms with Crippen LogP contribution >= 0.6 is 0 Å². The van der Waals surface area contributed by atoms with E-state index in [1.165, 1.54) is 0 Å². The number of hydrogen-bond donors (Lipinski definition) is 2. The van der Waals surface area contributed by atoms with Crippen molar-refractivity contribution in [3.63, 3.8) is 0 Å². The monoisotopic (exact) mass is 313 g/mol. The number of carbonyl (C=O) groups is 2. The van der Waals surface area contributed by atoms with Gasteiger partial charge in [-0.25, -0.2) is 4.79 Å². The summed E-state index contributed by atoms with van der Waals surface area (Å²) in [6, 6.07) is 0.348. The van der Waals surface area contributed by atoms with E-state index in [0.29, 0.717) is 6.54 Å². The van der Waals surface area contributed by atoms with Crippen LogP contribution in [0.25, 0.3) is 0 Å². The van der Waals surface area contributed by atoms with Gasteiger partial charge in [0.2, 0.25) is 5.91 Å². The van der Waals surface area contributed by atoms with Gasteiger partial charge in [-0.2, -0.15) is 0 Å². The smallest absolute Gasteiger partial charge is 0.410 e. The van der Waals surface area contributed by atoms with Gasteiger partial charge in [0, 0.05) is 25.7 Å². The first-order chi connectivity index (χ1) is 10.2. The van der Waals surface area contributed by atoms with Crippen molar-refractivity contribution in [2.75, 3.05) is 20.1 Å². The standard InChI is InChI=1S/C16H31N3O3/c1-12(18-11-14(20)17-5)10-13-8-6-7-9-19(13)15(21)22-16(2,3)4/h12-13,18H,6-11H2,1-5H3,(H,17,20). The van der Waals surface area contributed by atoms with Crippen LogP contribution in [0.4, 0.5) is 4.79 Å². The summed E-state index contributed by atoms with van der Waals surface area (Å²) in [6.07, 6.45) is 3.75. The van der Waals surface area contributed by atoms with Crippen molar-refractivity contribution in [1.29, 1.82) is 0 Å². The van der Waals surface area contributed by atoms with E-state index in [0.717, 1.165) is 32.2 Å². The third-order valence-corrected chi connectivity index (χ3v) is 3.77. The molecule has 0 bridgehead atoms. The molecule has 2 unspecified atom stereocenters. The first-order valence-corrected chi connectivity index (χ1v) is 8.16. The molecule has 0 spiro atoms. The van der Waals surface area contributed by atoms with Crippen molar-refractivity contribution in [3.05, 3.63) is 0 Å². The molecule has 1 aliphatic rings. The number of piperidine rings is 1. The topological polar surface area (TPSA) is 70.7 Å². The molecule has 22 heavy (non-hydrogen) atoms. The fourth-order valence-electron chi connectivity index (χ4n) is 2.65. The molecule has 1 fully saturated rings. The van der Waals surface area contributed by atoms with Gasteiger partial charge < -0.3 is 20.3 Å². The molecule has 6 nitrogen and oxygen atoms in total. The normalized spacial score (nSPS) is 20.4. The van der Waals surface area contributed by atoms with Crippen molar-refractivity contribution < 1.29 is 14.3 Å². The molecule has 0 aromatic heterocycles. The number of nitrogens with one attached hydrogen (secondary N) is 2. The maximum atomic E-state index is 12.3. The molecule has 1 saturated heterocycles. The maximum Gasteiger partial charge on any atom is 0.410 e. The fraction of sp³-hybridized carbons (Fsp3) is 0.875. The maximum absolute atomic E-state index is 12.3. The minimum absolute atomic E-state index is 0.0282. The molecule has 2 atom stereocenters. The van der Waals surface area contributed by atoms with Crippen molar-refractivity contribution in [2.45, 2.75) is 71.1 Å². The van der Waals surface area contributed by atoms with E-state index in [2.05, 4.69) is 10.6 Å². The van der Waals surface area contributed by atoms with Crippen molar-refractivity contribution in [2.24, 2.45) is 0 Å². The summed E-state index contributed by atoms with van der Waals surface area (Å²) in [5.41, 5.74) is -0.470. The van der Waals surface area contributed by atoms with Gasteiger partial charge in [0.25, 0.3) is 0 Å². The Morgan fingerprint density at radius 1 is 1.32 bits per heavy atom. The molecule has 0 aromatic carbocycles. The summed E-state index contributed by atoms with van der Waals surface area (Å²) < 4.78 is 5.51. The van der Waals surface area contributed by atoms with Crippen LogP contribution in [0.2, 0.25) is 0 Å². The molecule has 2 amide bonds. The number of likely N-dealkylation sites (N-methyl/N-ethyl adjacent to an activating group) is 1. The molecule has 2 N–H and O–H groups in total. The van der Waals surface area contributed by atoms with Gasteiger partial charge in [-0.3, -0.25) is 4.79 Å². The second kappa shape index (κ2) is 8.36. The van der Waals surface area contributed by atoms with Gasteiger partial charge in [-0.1, -0.05) is 0 Å². The summed E-state index contributed by atoms with van der Waals surface area (Å²) in [5, 5.41) is 5.79. The lowest BCUT2D eigenvalue weighted by Gasteiger charge is -2.38. The predicted molar refractivity (Wildman–Crippen MR) is 86.7 cm³/mol. The van der Waals surface area contributed by atoms with Gasteiger partial charge in [-0.15, -0.1) is 0 Å². The Hall–Kier alpha value is -1.30. The minimum Gasteiger partial charge on any atom is -0.444 e. The van der Waals surface area contributed by atoms with Crippen LogP contribution in [0.15, 0.2) is 0 Å². The summed E-state index contributed by atoms with van der Waals surface area (Å²) in [7, 11) is 1.63. The van der Waals surface area contributed by atoms with E-state index < -0.39 is 5.60 Å². The van der Waals surface area contributed by atoms with Gasteiger partial charge in [-0.05, 0) is 53.4 Å². The average Bonchev–Trinajstić information content (AvgIpc) is 2.43. The highest BCUT2D eigenvalue weighted by Gasteiger charge is 2.31. The molecule has 0 radical (unpaired) electrons. The third-order valence-electron chi connectivity index (χ3n) is 3.77. The van der Waals surface area contributed by atoms with E-state index in [1.807, 2.05) is 32.6 Å². The number of amides is 2. The molecule has 1 heterocycles. The molecular weight excluding hydrogens is 282 g/mol. The first kappa shape index (κ1) is 18.7. The van der Waals surface area contributed by atoms with Crippen molar-refractivity contribution >= 4 is 12.0 Å². The molecule has 0 aromatic rings. The summed E-state index contributed by atoms with van der Waals surface area (Å²) in [4.78, 5) is 25.5. The molecular formula is C16H31N3O3. The number of nitrogens with zero attached hydrogens (tertiary/aromatic N) is 1. The Labute approximate surface area is 134 Å². The summed E-state index contributed by atoms with van der Waals surface area (Å²) in [5.74, 6) is -0.0282. The van der Waals surface area contributed by atoms with E-state index in [9.17, 15) is 9.59 Å². The van der Waals surface area contributed by atoms with Gasteiger partial charge in [0.15, 0.2) is 0 Å². The molecule has 128 valence electrons. The molecule has 0 saturated carbocycles. The molecule has 1 rings (SSSR count). The van der Waals surface area contributed by atoms with E-state index in [1.54, 1.807) is 7.05 Å². The van der Waals surface area contributed by atoms with Gasteiger partial charge in [0.1, 0.15) is 5.60 Å². The quantitative estimate of drug-likeness (QED) is 0.813. The zero-order valence-electron chi connectivity index (χ0n) is 14.6.